The molecule has 0 bridgehead atoms. The Kier molecular flexibility index (Phi) is 3.57. The zero-order chi connectivity index (χ0) is 12.5. The molecule has 4 heteroatoms. The number of benzene rings is 1. The lowest BCUT2D eigenvalue weighted by Crippen LogP contribution is -2.23. The minimum Gasteiger partial charge on any atom is -0.359 e. The summed E-state index contributed by atoms with van der Waals surface area (Å²) >= 11 is 5.24. The molecule has 0 saturated heterocycles. The van der Waals surface area contributed by atoms with Crippen molar-refractivity contribution in [1.82, 2.24) is 4.98 Å². The number of nitrogens with zero attached hydrogens (tertiary/aromatic N) is 1. The van der Waals surface area contributed by atoms with Gasteiger partial charge in [0, 0.05) is 10.5 Å². The molecule has 18 heavy (non-hydrogen) atoms. The van der Waals surface area contributed by atoms with Crippen LogP contribution in [-0.4, -0.2) is 11.0 Å². The van der Waals surface area contributed by atoms with E-state index in [1.54, 1.807) is 11.3 Å². The molecule has 0 spiro atoms. The summed E-state index contributed by atoms with van der Waals surface area (Å²) in [6.45, 7) is 2.29. The van der Waals surface area contributed by atoms with Gasteiger partial charge >= 0.3 is 0 Å². The van der Waals surface area contributed by atoms with Crippen LogP contribution in [0.3, 0.4) is 0 Å². The van der Waals surface area contributed by atoms with E-state index in [1.165, 1.54) is 30.4 Å². The monoisotopic (exact) mass is 324 g/mol. The van der Waals surface area contributed by atoms with E-state index < -0.39 is 0 Å². The molecule has 96 valence electrons. The second-order valence-electron chi connectivity index (χ2n) is 5.11. The van der Waals surface area contributed by atoms with Crippen LogP contribution in [0.15, 0.2) is 22.7 Å². The van der Waals surface area contributed by atoms with Crippen molar-refractivity contribution in [3.63, 3.8) is 0 Å². The number of halogens is 1. The van der Waals surface area contributed by atoms with Crippen molar-refractivity contribution in [1.29, 1.82) is 0 Å². The van der Waals surface area contributed by atoms with E-state index in [-0.39, 0.29) is 0 Å². The van der Waals surface area contributed by atoms with Gasteiger partial charge in [-0.3, -0.25) is 0 Å². The number of aromatic nitrogens is 1. The zero-order valence-corrected chi connectivity index (χ0v) is 12.9. The van der Waals surface area contributed by atoms with Crippen LogP contribution in [0.1, 0.15) is 32.6 Å². The van der Waals surface area contributed by atoms with E-state index in [2.05, 4.69) is 51.4 Å². The van der Waals surface area contributed by atoms with Crippen molar-refractivity contribution < 1.29 is 0 Å². The zero-order valence-electron chi connectivity index (χ0n) is 10.4. The Morgan fingerprint density at radius 1 is 1.39 bits per heavy atom. The molecule has 2 aromatic rings. The number of anilines is 1. The molecule has 1 heterocycles. The van der Waals surface area contributed by atoms with E-state index >= 15 is 0 Å². The van der Waals surface area contributed by atoms with E-state index in [1.807, 2.05) is 0 Å². The average molecular weight is 325 g/mol. The quantitative estimate of drug-likeness (QED) is 0.854. The molecular formula is C14H17BrN2S. The molecule has 0 aliphatic heterocycles. The molecule has 1 N–H and O–H groups in total. The lowest BCUT2D eigenvalue weighted by atomic mass is 10.0. The highest BCUT2D eigenvalue weighted by Gasteiger charge is 2.22. The van der Waals surface area contributed by atoms with Crippen LogP contribution in [0.5, 0.6) is 0 Å². The fourth-order valence-electron chi connectivity index (χ4n) is 2.73. The van der Waals surface area contributed by atoms with Gasteiger partial charge in [-0.25, -0.2) is 4.98 Å². The molecular weight excluding hydrogens is 308 g/mol. The normalized spacial score (nSPS) is 18.3. The SMILES string of the molecule is CC(Nc1nc2cc(Br)ccc2s1)C1CCCC1. The van der Waals surface area contributed by atoms with Gasteiger partial charge in [0.05, 0.1) is 10.2 Å². The summed E-state index contributed by atoms with van der Waals surface area (Å²) in [5.41, 5.74) is 1.08. The molecule has 1 aromatic heterocycles. The first kappa shape index (κ1) is 12.4. The Bertz CT molecular complexity index is 546. The average Bonchev–Trinajstić information content (AvgIpc) is 2.95. The van der Waals surface area contributed by atoms with Gasteiger partial charge in [0.1, 0.15) is 0 Å². The standard InChI is InChI=1S/C14H17BrN2S/c1-9(10-4-2-3-5-10)16-14-17-12-8-11(15)6-7-13(12)18-14/h6-10H,2-5H2,1H3,(H,16,17). The summed E-state index contributed by atoms with van der Waals surface area (Å²) in [4.78, 5) is 4.66. The van der Waals surface area contributed by atoms with E-state index in [0.29, 0.717) is 6.04 Å². The van der Waals surface area contributed by atoms with Gasteiger partial charge in [-0.2, -0.15) is 0 Å². The highest BCUT2D eigenvalue weighted by atomic mass is 79.9. The van der Waals surface area contributed by atoms with Crippen LogP contribution in [0.25, 0.3) is 10.2 Å². The number of thiazole rings is 1. The third-order valence-corrected chi connectivity index (χ3v) is 5.27. The molecule has 0 radical (unpaired) electrons. The smallest absolute Gasteiger partial charge is 0.184 e. The van der Waals surface area contributed by atoms with Crippen LogP contribution >= 0.6 is 27.3 Å². The van der Waals surface area contributed by atoms with Gasteiger partial charge < -0.3 is 5.32 Å². The van der Waals surface area contributed by atoms with E-state index in [4.69, 9.17) is 0 Å². The maximum Gasteiger partial charge on any atom is 0.184 e. The first-order valence-electron chi connectivity index (χ1n) is 6.55. The highest BCUT2D eigenvalue weighted by Crippen LogP contribution is 2.32. The lowest BCUT2D eigenvalue weighted by molar-refractivity contribution is 0.482. The van der Waals surface area contributed by atoms with Crippen molar-refractivity contribution >= 4 is 42.6 Å². The predicted molar refractivity (Wildman–Crippen MR) is 82.4 cm³/mol. The molecule has 1 fully saturated rings. The van der Waals surface area contributed by atoms with Crippen LogP contribution in [0, 0.1) is 5.92 Å². The van der Waals surface area contributed by atoms with Crippen molar-refractivity contribution in [2.24, 2.45) is 5.92 Å². The molecule has 1 aromatic carbocycles. The summed E-state index contributed by atoms with van der Waals surface area (Å²) in [5.74, 6) is 0.823. The van der Waals surface area contributed by atoms with Crippen molar-refractivity contribution in [3.8, 4) is 0 Å². The minimum absolute atomic E-state index is 0.538. The third kappa shape index (κ3) is 2.54. The number of fused-ring (bicyclic) bond motifs is 1. The Hall–Kier alpha value is -0.610. The molecule has 1 atom stereocenters. The Labute approximate surface area is 120 Å². The first-order chi connectivity index (χ1) is 8.72. The van der Waals surface area contributed by atoms with E-state index in [9.17, 15) is 0 Å². The van der Waals surface area contributed by atoms with Crippen molar-refractivity contribution in [2.45, 2.75) is 38.6 Å². The van der Waals surface area contributed by atoms with Crippen molar-refractivity contribution in [2.75, 3.05) is 5.32 Å². The highest BCUT2D eigenvalue weighted by molar-refractivity contribution is 9.10. The Balaban J connectivity index is 1.77. The second-order valence-corrected chi connectivity index (χ2v) is 7.05. The van der Waals surface area contributed by atoms with Crippen LogP contribution in [-0.2, 0) is 0 Å². The lowest BCUT2D eigenvalue weighted by Gasteiger charge is -2.19. The van der Waals surface area contributed by atoms with Gasteiger partial charge in [0.2, 0.25) is 0 Å². The van der Waals surface area contributed by atoms with E-state index in [0.717, 1.165) is 21.0 Å². The third-order valence-electron chi connectivity index (χ3n) is 3.81. The molecule has 1 aliphatic carbocycles. The van der Waals surface area contributed by atoms with Crippen LogP contribution < -0.4 is 5.32 Å². The fourth-order valence-corrected chi connectivity index (χ4v) is 4.02. The van der Waals surface area contributed by atoms with Gasteiger partial charge in [0.25, 0.3) is 0 Å². The Morgan fingerprint density at radius 2 is 2.17 bits per heavy atom. The number of hydrogen-bond donors (Lipinski definition) is 1. The van der Waals surface area contributed by atoms with Crippen LogP contribution in [0.4, 0.5) is 5.13 Å². The summed E-state index contributed by atoms with van der Waals surface area (Å²) in [6, 6.07) is 6.82. The molecule has 1 aliphatic rings. The number of nitrogens with one attached hydrogen (secondary N) is 1. The summed E-state index contributed by atoms with van der Waals surface area (Å²) < 4.78 is 2.34. The van der Waals surface area contributed by atoms with Crippen LogP contribution in [0.2, 0.25) is 0 Å². The van der Waals surface area contributed by atoms with Gasteiger partial charge in [0.15, 0.2) is 5.13 Å². The minimum atomic E-state index is 0.538. The second kappa shape index (κ2) is 5.17. The summed E-state index contributed by atoms with van der Waals surface area (Å²) in [7, 11) is 0. The van der Waals surface area contributed by atoms with Gasteiger partial charge in [-0.1, -0.05) is 40.1 Å². The number of rotatable bonds is 3. The summed E-state index contributed by atoms with van der Waals surface area (Å²) in [5, 5.41) is 4.64. The Morgan fingerprint density at radius 3 is 2.94 bits per heavy atom. The fraction of sp³-hybridized carbons (Fsp3) is 0.500. The largest absolute Gasteiger partial charge is 0.359 e. The molecule has 1 saturated carbocycles. The summed E-state index contributed by atoms with van der Waals surface area (Å²) in [6.07, 6.45) is 5.52. The predicted octanol–water partition coefficient (Wildman–Crippen LogP) is 5.05. The molecule has 2 nitrogen and oxygen atoms in total. The maximum absolute atomic E-state index is 4.66. The van der Waals surface area contributed by atoms with Gasteiger partial charge in [-0.05, 0) is 43.9 Å². The van der Waals surface area contributed by atoms with Crippen molar-refractivity contribution in [3.05, 3.63) is 22.7 Å². The molecule has 1 unspecified atom stereocenters. The first-order valence-corrected chi connectivity index (χ1v) is 8.16. The topological polar surface area (TPSA) is 24.9 Å². The molecule has 3 rings (SSSR count). The number of hydrogen-bond acceptors (Lipinski definition) is 3. The maximum atomic E-state index is 4.66. The molecule has 0 amide bonds. The van der Waals surface area contributed by atoms with Gasteiger partial charge in [-0.15, -0.1) is 0 Å².